The third kappa shape index (κ3) is 1.84. The van der Waals surface area contributed by atoms with E-state index in [0.717, 1.165) is 0 Å². The molecule has 4 nitrogen and oxygen atoms in total. The van der Waals surface area contributed by atoms with Gasteiger partial charge in [-0.05, 0) is 0 Å². The van der Waals surface area contributed by atoms with Crippen molar-refractivity contribution in [1.82, 2.24) is 0 Å². The van der Waals surface area contributed by atoms with Gasteiger partial charge in [0, 0.05) is 5.92 Å². The zero-order valence-electron chi connectivity index (χ0n) is 6.90. The minimum absolute atomic E-state index is 0.655. The molecule has 4 atom stereocenters. The number of aliphatic hydroxyl groups excluding tert-OH is 2. The topological polar surface area (TPSA) is 77.8 Å². The van der Waals surface area contributed by atoms with Gasteiger partial charge < -0.3 is 15.3 Å². The highest BCUT2D eigenvalue weighted by molar-refractivity contribution is 14.1. The summed E-state index contributed by atoms with van der Waals surface area (Å²) < 4.78 is 24.7. The van der Waals surface area contributed by atoms with Crippen molar-refractivity contribution in [2.45, 2.75) is 28.5 Å². The van der Waals surface area contributed by atoms with Crippen LogP contribution in [0, 0.1) is 5.92 Å². The Bertz CT molecular complexity index is 248. The van der Waals surface area contributed by atoms with Crippen molar-refractivity contribution in [3.05, 3.63) is 0 Å². The van der Waals surface area contributed by atoms with E-state index in [9.17, 15) is 18.7 Å². The number of carbonyl (C=O) groups is 1. The van der Waals surface area contributed by atoms with Crippen LogP contribution in [0.3, 0.4) is 0 Å². The molecular formula is C7H9F2IO4. The molecule has 0 spiro atoms. The van der Waals surface area contributed by atoms with Crippen LogP contribution in [-0.2, 0) is 4.79 Å². The van der Waals surface area contributed by atoms with Crippen LogP contribution in [0.15, 0.2) is 0 Å². The molecule has 0 unspecified atom stereocenters. The van der Waals surface area contributed by atoms with Crippen molar-refractivity contribution >= 4 is 28.6 Å². The van der Waals surface area contributed by atoms with E-state index >= 15 is 0 Å². The van der Waals surface area contributed by atoms with Crippen LogP contribution in [-0.4, -0.2) is 43.3 Å². The number of carboxylic acid groups (broad SMARTS) is 1. The number of carboxylic acids is 1. The maximum atomic E-state index is 13.1. The van der Waals surface area contributed by atoms with Gasteiger partial charge >= 0.3 is 5.97 Å². The van der Waals surface area contributed by atoms with Gasteiger partial charge in [-0.3, -0.25) is 4.79 Å². The largest absolute Gasteiger partial charge is 0.481 e. The Kier molecular flexibility index (Phi) is 3.32. The molecule has 1 aliphatic rings. The molecule has 1 aliphatic carbocycles. The molecule has 7 heteroatoms. The molecule has 0 bridgehead atoms. The van der Waals surface area contributed by atoms with E-state index in [2.05, 4.69) is 0 Å². The van der Waals surface area contributed by atoms with E-state index in [1.54, 1.807) is 0 Å². The molecule has 0 aromatic rings. The number of alkyl halides is 3. The summed E-state index contributed by atoms with van der Waals surface area (Å²) in [5, 5.41) is 26.8. The number of halogens is 3. The second kappa shape index (κ2) is 3.86. The Balaban J connectivity index is 2.84. The fourth-order valence-electron chi connectivity index (χ4n) is 1.51. The zero-order chi connectivity index (χ0) is 11.1. The van der Waals surface area contributed by atoms with Gasteiger partial charge in [0.1, 0.15) is 10.0 Å². The second-order valence-electron chi connectivity index (χ2n) is 3.27. The first-order chi connectivity index (χ1) is 6.28. The molecule has 82 valence electrons. The normalized spacial score (nSPS) is 41.2. The smallest absolute Gasteiger partial charge is 0.303 e. The summed E-state index contributed by atoms with van der Waals surface area (Å²) in [5.74, 6) is -6.04. The van der Waals surface area contributed by atoms with Gasteiger partial charge in [-0.2, -0.15) is 0 Å². The monoisotopic (exact) mass is 322 g/mol. The van der Waals surface area contributed by atoms with Crippen LogP contribution in [0.25, 0.3) is 0 Å². The second-order valence-corrected chi connectivity index (χ2v) is 4.62. The summed E-state index contributed by atoms with van der Waals surface area (Å²) in [6.45, 7) is 0. The first kappa shape index (κ1) is 12.1. The summed E-state index contributed by atoms with van der Waals surface area (Å²) in [7, 11) is 0. The first-order valence-corrected chi connectivity index (χ1v) is 5.13. The molecule has 0 aliphatic heterocycles. The molecule has 0 heterocycles. The molecule has 0 radical (unpaired) electrons. The Morgan fingerprint density at radius 1 is 1.43 bits per heavy atom. The number of rotatable bonds is 2. The van der Waals surface area contributed by atoms with Gasteiger partial charge in [0.25, 0.3) is 5.92 Å². The van der Waals surface area contributed by atoms with Crippen LogP contribution in [0.5, 0.6) is 0 Å². The number of hydrogen-bond donors (Lipinski definition) is 3. The highest BCUT2D eigenvalue weighted by atomic mass is 127. The Hall–Kier alpha value is -0.0200. The summed E-state index contributed by atoms with van der Waals surface area (Å²) in [6.07, 6.45) is -4.23. The molecule has 0 saturated heterocycles. The van der Waals surface area contributed by atoms with Crippen LogP contribution >= 0.6 is 22.6 Å². The molecular weight excluding hydrogens is 313 g/mol. The SMILES string of the molecule is O=C(O)C[C@H]1[C@H](O)[C@@H](I)C(F)(F)[C@@H]1O. The molecule has 0 aromatic heterocycles. The van der Waals surface area contributed by atoms with Crippen LogP contribution in [0.1, 0.15) is 6.42 Å². The molecule has 14 heavy (non-hydrogen) atoms. The Labute approximate surface area is 92.1 Å². The maximum Gasteiger partial charge on any atom is 0.303 e. The highest BCUT2D eigenvalue weighted by Crippen LogP contribution is 2.45. The van der Waals surface area contributed by atoms with E-state index in [-0.39, 0.29) is 0 Å². The Morgan fingerprint density at radius 3 is 2.21 bits per heavy atom. The summed E-state index contributed by atoms with van der Waals surface area (Å²) in [6, 6.07) is 0. The lowest BCUT2D eigenvalue weighted by Gasteiger charge is -2.18. The van der Waals surface area contributed by atoms with Gasteiger partial charge in [-0.25, -0.2) is 8.78 Å². The predicted octanol–water partition coefficient (Wildman–Crippen LogP) is 0.252. The summed E-state index contributed by atoms with van der Waals surface area (Å²) in [5.41, 5.74) is 0. The lowest BCUT2D eigenvalue weighted by Crippen LogP contribution is -2.36. The van der Waals surface area contributed by atoms with Gasteiger partial charge in [-0.15, -0.1) is 0 Å². The standard InChI is InChI=1S/C7H9F2IO4/c8-7(9)5(10)4(13)2(6(7)14)1-3(11)12/h2,4-6,13-14H,1H2,(H,11,12)/t2-,4-,5+,6+/m0/s1. The number of aliphatic carboxylic acids is 1. The average molecular weight is 322 g/mol. The fourth-order valence-corrected chi connectivity index (χ4v) is 2.42. The quantitative estimate of drug-likeness (QED) is 0.503. The van der Waals surface area contributed by atoms with Crippen molar-refractivity contribution in [3.8, 4) is 0 Å². The lowest BCUT2D eigenvalue weighted by atomic mass is 9.99. The lowest BCUT2D eigenvalue weighted by molar-refractivity contribution is -0.141. The molecule has 3 N–H and O–H groups in total. The summed E-state index contributed by atoms with van der Waals surface area (Å²) >= 11 is 1.32. The zero-order valence-corrected chi connectivity index (χ0v) is 9.06. The van der Waals surface area contributed by atoms with Gasteiger partial charge in [-0.1, -0.05) is 22.6 Å². The van der Waals surface area contributed by atoms with Crippen LogP contribution < -0.4 is 0 Å². The average Bonchev–Trinajstić information content (AvgIpc) is 2.20. The Morgan fingerprint density at radius 2 is 1.93 bits per heavy atom. The number of hydrogen-bond acceptors (Lipinski definition) is 3. The fraction of sp³-hybridized carbons (Fsp3) is 0.857. The van der Waals surface area contributed by atoms with Crippen LogP contribution in [0.4, 0.5) is 8.78 Å². The molecule has 1 fully saturated rings. The highest BCUT2D eigenvalue weighted by Gasteiger charge is 2.61. The van der Waals surface area contributed by atoms with Crippen LogP contribution in [0.2, 0.25) is 0 Å². The van der Waals surface area contributed by atoms with Crippen molar-refractivity contribution in [1.29, 1.82) is 0 Å². The molecule has 0 aromatic carbocycles. The van der Waals surface area contributed by atoms with E-state index in [0.29, 0.717) is 0 Å². The van der Waals surface area contributed by atoms with Gasteiger partial charge in [0.15, 0.2) is 0 Å². The van der Waals surface area contributed by atoms with E-state index in [4.69, 9.17) is 10.2 Å². The minimum atomic E-state index is -3.43. The molecule has 1 saturated carbocycles. The third-order valence-corrected chi connectivity index (χ3v) is 3.88. The minimum Gasteiger partial charge on any atom is -0.481 e. The van der Waals surface area contributed by atoms with E-state index in [1.165, 1.54) is 22.6 Å². The van der Waals surface area contributed by atoms with Crippen molar-refractivity contribution < 1.29 is 28.9 Å². The predicted molar refractivity (Wildman–Crippen MR) is 50.5 cm³/mol. The van der Waals surface area contributed by atoms with Gasteiger partial charge in [0.05, 0.1) is 12.5 Å². The third-order valence-electron chi connectivity index (χ3n) is 2.32. The van der Waals surface area contributed by atoms with Crippen molar-refractivity contribution in [2.24, 2.45) is 5.92 Å². The van der Waals surface area contributed by atoms with E-state index in [1.807, 2.05) is 0 Å². The van der Waals surface area contributed by atoms with Crippen molar-refractivity contribution in [3.63, 3.8) is 0 Å². The first-order valence-electron chi connectivity index (χ1n) is 3.88. The summed E-state index contributed by atoms with van der Waals surface area (Å²) in [4.78, 5) is 10.3. The molecule has 0 amide bonds. The maximum absolute atomic E-state index is 13.1. The molecule has 1 rings (SSSR count). The number of aliphatic hydroxyl groups is 2. The van der Waals surface area contributed by atoms with E-state index < -0.39 is 40.4 Å². The van der Waals surface area contributed by atoms with Gasteiger partial charge in [0.2, 0.25) is 0 Å². The van der Waals surface area contributed by atoms with Crippen molar-refractivity contribution in [2.75, 3.05) is 0 Å².